The number of nitrogens with one attached hydrogen (secondary N) is 1. The van der Waals surface area contributed by atoms with Gasteiger partial charge in [-0.15, -0.1) is 0 Å². The molecule has 1 aromatic rings. The van der Waals surface area contributed by atoms with Gasteiger partial charge in [0.25, 0.3) is 0 Å². The van der Waals surface area contributed by atoms with Gasteiger partial charge in [0, 0.05) is 25.4 Å². The Balaban J connectivity index is 2.58. The molecule has 0 saturated carbocycles. The first-order chi connectivity index (χ1) is 7.89. The van der Waals surface area contributed by atoms with Crippen molar-refractivity contribution in [2.45, 2.75) is 11.8 Å². The Kier molecular flexibility index (Phi) is 4.51. The van der Waals surface area contributed by atoms with E-state index in [4.69, 9.17) is 4.74 Å². The van der Waals surface area contributed by atoms with Crippen molar-refractivity contribution in [2.24, 2.45) is 0 Å². The molecule has 0 unspecified atom stereocenters. The molecule has 0 fully saturated rings. The summed E-state index contributed by atoms with van der Waals surface area (Å²) in [6.45, 7) is 2.02. The molecule has 0 aliphatic heterocycles. The third kappa shape index (κ3) is 4.86. The third-order valence-electron chi connectivity index (χ3n) is 2.00. The molecule has 1 aromatic carbocycles. The van der Waals surface area contributed by atoms with Crippen LogP contribution < -0.4 is 5.32 Å². The summed E-state index contributed by atoms with van der Waals surface area (Å²) in [5, 5.41) is 2.97. The lowest BCUT2D eigenvalue weighted by atomic mass is 10.3. The van der Waals surface area contributed by atoms with E-state index in [0.29, 0.717) is 12.2 Å². The highest BCUT2D eigenvalue weighted by Gasteiger charge is 2.06. The maximum absolute atomic E-state index is 11.3. The molecule has 0 aromatic heterocycles. The lowest BCUT2D eigenvalue weighted by Crippen LogP contribution is -2.12. The molecule has 0 aliphatic rings. The van der Waals surface area contributed by atoms with Gasteiger partial charge in [-0.25, -0.2) is 8.42 Å². The van der Waals surface area contributed by atoms with Crippen LogP contribution in [0.2, 0.25) is 0 Å². The number of carbonyl (C=O) groups excluding carboxylic acids is 1. The van der Waals surface area contributed by atoms with E-state index in [0.717, 1.165) is 6.26 Å². The largest absolute Gasteiger partial charge is 0.464 e. The van der Waals surface area contributed by atoms with Crippen LogP contribution in [0.1, 0.15) is 6.92 Å². The normalized spacial score (nSPS) is 10.9. The molecule has 0 aliphatic carbocycles. The van der Waals surface area contributed by atoms with Gasteiger partial charge in [0.2, 0.25) is 0 Å². The highest BCUT2D eigenvalue weighted by atomic mass is 32.2. The monoisotopic (exact) mass is 257 g/mol. The van der Waals surface area contributed by atoms with Crippen LogP contribution in [0.4, 0.5) is 5.69 Å². The summed E-state index contributed by atoms with van der Waals surface area (Å²) < 4.78 is 27.4. The van der Waals surface area contributed by atoms with E-state index in [-0.39, 0.29) is 17.5 Å². The molecule has 17 heavy (non-hydrogen) atoms. The second kappa shape index (κ2) is 5.67. The van der Waals surface area contributed by atoms with Gasteiger partial charge in [0.05, 0.1) is 4.90 Å². The first-order valence-electron chi connectivity index (χ1n) is 5.07. The second-order valence-corrected chi connectivity index (χ2v) is 5.58. The van der Waals surface area contributed by atoms with Gasteiger partial charge in [-0.05, 0) is 18.2 Å². The number of ether oxygens (including phenoxy) is 1. The Bertz CT molecular complexity index is 496. The Morgan fingerprint density at radius 2 is 2.12 bits per heavy atom. The zero-order valence-corrected chi connectivity index (χ0v) is 10.6. The molecule has 0 atom stereocenters. The third-order valence-corrected chi connectivity index (χ3v) is 3.11. The van der Waals surface area contributed by atoms with E-state index in [1.165, 1.54) is 13.0 Å². The molecule has 1 N–H and O–H groups in total. The minimum absolute atomic E-state index is 0.248. The first kappa shape index (κ1) is 13.5. The zero-order valence-electron chi connectivity index (χ0n) is 9.76. The fourth-order valence-electron chi connectivity index (χ4n) is 1.23. The van der Waals surface area contributed by atoms with Crippen LogP contribution in [0.5, 0.6) is 0 Å². The van der Waals surface area contributed by atoms with E-state index < -0.39 is 9.84 Å². The van der Waals surface area contributed by atoms with Crippen LogP contribution in [-0.2, 0) is 19.4 Å². The summed E-state index contributed by atoms with van der Waals surface area (Å²) in [6.07, 6.45) is 1.16. The van der Waals surface area contributed by atoms with Crippen molar-refractivity contribution in [3.63, 3.8) is 0 Å². The number of esters is 1. The summed E-state index contributed by atoms with van der Waals surface area (Å²) in [4.78, 5) is 10.8. The van der Waals surface area contributed by atoms with Gasteiger partial charge >= 0.3 is 5.97 Å². The summed E-state index contributed by atoms with van der Waals surface area (Å²) in [7, 11) is -3.19. The molecule has 0 radical (unpaired) electrons. The number of hydrogen-bond acceptors (Lipinski definition) is 5. The topological polar surface area (TPSA) is 72.5 Å². The molecule has 0 spiro atoms. The van der Waals surface area contributed by atoms with Gasteiger partial charge in [-0.3, -0.25) is 4.79 Å². The van der Waals surface area contributed by atoms with Crippen molar-refractivity contribution in [3.8, 4) is 0 Å². The van der Waals surface area contributed by atoms with Gasteiger partial charge in [0.15, 0.2) is 9.84 Å². The molecular weight excluding hydrogens is 242 g/mol. The van der Waals surface area contributed by atoms with Crippen LogP contribution in [-0.4, -0.2) is 33.8 Å². The number of sulfone groups is 1. The fraction of sp³-hybridized carbons (Fsp3) is 0.364. The Labute approximate surface area is 101 Å². The van der Waals surface area contributed by atoms with Crippen molar-refractivity contribution >= 4 is 21.5 Å². The van der Waals surface area contributed by atoms with E-state index in [1.807, 2.05) is 0 Å². The zero-order chi connectivity index (χ0) is 12.9. The lowest BCUT2D eigenvalue weighted by molar-refractivity contribution is -0.140. The number of carbonyl (C=O) groups is 1. The van der Waals surface area contributed by atoms with E-state index in [1.54, 1.807) is 18.2 Å². The van der Waals surface area contributed by atoms with Gasteiger partial charge in [0.1, 0.15) is 6.61 Å². The highest BCUT2D eigenvalue weighted by molar-refractivity contribution is 7.90. The molecule has 6 heteroatoms. The molecule has 0 heterocycles. The van der Waals surface area contributed by atoms with Crippen molar-refractivity contribution in [1.82, 2.24) is 0 Å². The Hall–Kier alpha value is -1.56. The smallest absolute Gasteiger partial charge is 0.302 e. The predicted molar refractivity (Wildman–Crippen MR) is 64.7 cm³/mol. The van der Waals surface area contributed by atoms with Crippen LogP contribution in [0.25, 0.3) is 0 Å². The van der Waals surface area contributed by atoms with E-state index in [9.17, 15) is 13.2 Å². The molecule has 5 nitrogen and oxygen atoms in total. The maximum Gasteiger partial charge on any atom is 0.302 e. The molecule has 94 valence electrons. The minimum Gasteiger partial charge on any atom is -0.464 e. The Morgan fingerprint density at radius 3 is 2.71 bits per heavy atom. The average molecular weight is 257 g/mol. The van der Waals surface area contributed by atoms with Crippen LogP contribution in [0.3, 0.4) is 0 Å². The van der Waals surface area contributed by atoms with Crippen LogP contribution in [0, 0.1) is 0 Å². The molecule has 0 amide bonds. The van der Waals surface area contributed by atoms with Crippen molar-refractivity contribution in [2.75, 3.05) is 24.7 Å². The van der Waals surface area contributed by atoms with Crippen LogP contribution >= 0.6 is 0 Å². The maximum atomic E-state index is 11.3. The molecule has 0 saturated heterocycles. The molecule has 0 bridgehead atoms. The SMILES string of the molecule is CC(=O)OCCNc1cccc(S(C)(=O)=O)c1. The fourth-order valence-corrected chi connectivity index (χ4v) is 1.89. The van der Waals surface area contributed by atoms with E-state index >= 15 is 0 Å². The molecule has 1 rings (SSSR count). The van der Waals surface area contributed by atoms with Crippen LogP contribution in [0.15, 0.2) is 29.2 Å². The summed E-state index contributed by atoms with van der Waals surface area (Å²) in [5.41, 5.74) is 0.681. The summed E-state index contributed by atoms with van der Waals surface area (Å²) in [5.74, 6) is -0.336. The second-order valence-electron chi connectivity index (χ2n) is 3.57. The number of anilines is 1. The highest BCUT2D eigenvalue weighted by Crippen LogP contribution is 2.14. The minimum atomic E-state index is -3.19. The Morgan fingerprint density at radius 1 is 1.41 bits per heavy atom. The van der Waals surface area contributed by atoms with Crippen molar-refractivity contribution in [3.05, 3.63) is 24.3 Å². The van der Waals surface area contributed by atoms with Gasteiger partial charge < -0.3 is 10.1 Å². The predicted octanol–water partition coefficient (Wildman–Crippen LogP) is 1.07. The van der Waals surface area contributed by atoms with Crippen molar-refractivity contribution in [1.29, 1.82) is 0 Å². The molecular formula is C11H15NO4S. The van der Waals surface area contributed by atoms with Gasteiger partial charge in [-0.1, -0.05) is 6.07 Å². The van der Waals surface area contributed by atoms with Gasteiger partial charge in [-0.2, -0.15) is 0 Å². The summed E-state index contributed by atoms with van der Waals surface area (Å²) >= 11 is 0. The number of benzene rings is 1. The average Bonchev–Trinajstić information content (AvgIpc) is 2.23. The number of rotatable bonds is 5. The lowest BCUT2D eigenvalue weighted by Gasteiger charge is -2.07. The quantitative estimate of drug-likeness (QED) is 0.631. The standard InChI is InChI=1S/C11H15NO4S/c1-9(13)16-7-6-12-10-4-3-5-11(8-10)17(2,14)15/h3-5,8,12H,6-7H2,1-2H3. The number of hydrogen-bond donors (Lipinski definition) is 1. The first-order valence-corrected chi connectivity index (χ1v) is 6.96. The summed E-state index contributed by atoms with van der Waals surface area (Å²) in [6, 6.07) is 6.49. The van der Waals surface area contributed by atoms with E-state index in [2.05, 4.69) is 5.32 Å². The van der Waals surface area contributed by atoms with Crippen molar-refractivity contribution < 1.29 is 17.9 Å².